The van der Waals surface area contributed by atoms with Crippen LogP contribution in [0.4, 0.5) is 11.5 Å². The van der Waals surface area contributed by atoms with Crippen LogP contribution in [0.1, 0.15) is 0 Å². The first kappa shape index (κ1) is 14.0. The van der Waals surface area contributed by atoms with Crippen molar-refractivity contribution in [2.75, 3.05) is 36.5 Å². The molecule has 0 unspecified atom stereocenters. The van der Waals surface area contributed by atoms with Crippen molar-refractivity contribution in [2.45, 2.75) is 0 Å². The smallest absolute Gasteiger partial charge is 0.328 e. The summed E-state index contributed by atoms with van der Waals surface area (Å²) in [6.45, 7) is 2.94. The summed E-state index contributed by atoms with van der Waals surface area (Å²) in [5, 5.41) is 10.9. The SMILES string of the molecule is O=C(O)/C=C/C(=O)Nc1ccc(N2CCOCC2)nc1. The molecule has 0 radical (unpaired) electrons. The molecule has 1 aliphatic rings. The van der Waals surface area contributed by atoms with Crippen molar-refractivity contribution >= 4 is 23.4 Å². The second-order valence-corrected chi connectivity index (χ2v) is 4.17. The zero-order chi connectivity index (χ0) is 14.4. The molecule has 1 amide bonds. The Labute approximate surface area is 115 Å². The molecule has 106 valence electrons. The lowest BCUT2D eigenvalue weighted by atomic mass is 10.3. The average Bonchev–Trinajstić information content (AvgIpc) is 2.47. The van der Waals surface area contributed by atoms with Gasteiger partial charge in [-0.15, -0.1) is 0 Å². The van der Waals surface area contributed by atoms with E-state index in [0.29, 0.717) is 18.9 Å². The standard InChI is InChI=1S/C13H15N3O4/c17-12(3-4-13(18)19)15-10-1-2-11(14-9-10)16-5-7-20-8-6-16/h1-4,9H,5-8H2,(H,15,17)(H,18,19)/b4-3+. The molecule has 0 aliphatic carbocycles. The maximum Gasteiger partial charge on any atom is 0.328 e. The molecule has 0 atom stereocenters. The zero-order valence-corrected chi connectivity index (χ0v) is 10.8. The Bertz CT molecular complexity index is 507. The monoisotopic (exact) mass is 277 g/mol. The summed E-state index contributed by atoms with van der Waals surface area (Å²) in [5.41, 5.74) is 0.516. The molecule has 0 aromatic carbocycles. The number of aromatic nitrogens is 1. The Kier molecular flexibility index (Phi) is 4.67. The number of morpholine rings is 1. The molecule has 1 aromatic rings. The van der Waals surface area contributed by atoms with E-state index in [1.807, 2.05) is 6.07 Å². The molecule has 0 bridgehead atoms. The number of carbonyl (C=O) groups is 2. The average molecular weight is 277 g/mol. The lowest BCUT2D eigenvalue weighted by molar-refractivity contribution is -0.131. The van der Waals surface area contributed by atoms with Gasteiger partial charge in [-0.3, -0.25) is 4.79 Å². The van der Waals surface area contributed by atoms with Crippen LogP contribution in [0.5, 0.6) is 0 Å². The van der Waals surface area contributed by atoms with Gasteiger partial charge < -0.3 is 20.1 Å². The highest BCUT2D eigenvalue weighted by Gasteiger charge is 2.12. The van der Waals surface area contributed by atoms with E-state index < -0.39 is 11.9 Å². The number of pyridine rings is 1. The molecule has 0 saturated carbocycles. The normalized spacial score (nSPS) is 15.3. The number of carboxylic acids is 1. The molecule has 20 heavy (non-hydrogen) atoms. The molecule has 2 heterocycles. The number of nitrogens with zero attached hydrogens (tertiary/aromatic N) is 2. The first-order chi connectivity index (χ1) is 9.65. The van der Waals surface area contributed by atoms with E-state index in [9.17, 15) is 9.59 Å². The van der Waals surface area contributed by atoms with Crippen LogP contribution in [-0.4, -0.2) is 48.3 Å². The summed E-state index contributed by atoms with van der Waals surface area (Å²) in [4.78, 5) is 28.0. The molecule has 0 spiro atoms. The third-order valence-corrected chi connectivity index (χ3v) is 2.73. The molecule has 1 fully saturated rings. The number of amides is 1. The quantitative estimate of drug-likeness (QED) is 0.779. The van der Waals surface area contributed by atoms with Crippen LogP contribution < -0.4 is 10.2 Å². The van der Waals surface area contributed by atoms with E-state index in [4.69, 9.17) is 9.84 Å². The predicted octanol–water partition coefficient (Wildman–Crippen LogP) is 0.497. The molecule has 1 aliphatic heterocycles. The van der Waals surface area contributed by atoms with Crippen LogP contribution in [0.15, 0.2) is 30.5 Å². The molecule has 1 saturated heterocycles. The summed E-state index contributed by atoms with van der Waals surface area (Å²) in [7, 11) is 0. The van der Waals surface area contributed by atoms with Gasteiger partial charge >= 0.3 is 5.97 Å². The Balaban J connectivity index is 1.94. The van der Waals surface area contributed by atoms with E-state index in [2.05, 4.69) is 15.2 Å². The molecular weight excluding hydrogens is 262 g/mol. The van der Waals surface area contributed by atoms with Gasteiger partial charge in [-0.2, -0.15) is 0 Å². The van der Waals surface area contributed by atoms with Crippen molar-refractivity contribution in [3.8, 4) is 0 Å². The Morgan fingerprint density at radius 3 is 2.65 bits per heavy atom. The number of hydrogen-bond donors (Lipinski definition) is 2. The van der Waals surface area contributed by atoms with E-state index in [1.165, 1.54) is 6.20 Å². The van der Waals surface area contributed by atoms with E-state index in [1.54, 1.807) is 6.07 Å². The second-order valence-electron chi connectivity index (χ2n) is 4.17. The first-order valence-electron chi connectivity index (χ1n) is 6.16. The Hall–Kier alpha value is -2.41. The van der Waals surface area contributed by atoms with Gasteiger partial charge in [0.15, 0.2) is 0 Å². The van der Waals surface area contributed by atoms with Gasteiger partial charge in [-0.1, -0.05) is 0 Å². The third kappa shape index (κ3) is 4.06. The van der Waals surface area contributed by atoms with Crippen molar-refractivity contribution in [3.05, 3.63) is 30.5 Å². The molecule has 7 nitrogen and oxygen atoms in total. The topological polar surface area (TPSA) is 91.8 Å². The largest absolute Gasteiger partial charge is 0.478 e. The summed E-state index contributed by atoms with van der Waals surface area (Å²) >= 11 is 0. The minimum absolute atomic E-state index is 0.506. The maximum absolute atomic E-state index is 11.4. The van der Waals surface area contributed by atoms with Gasteiger partial charge in [0.25, 0.3) is 0 Å². The molecular formula is C13H15N3O4. The van der Waals surface area contributed by atoms with Gasteiger partial charge in [-0.25, -0.2) is 9.78 Å². The van der Waals surface area contributed by atoms with Crippen molar-refractivity contribution in [3.63, 3.8) is 0 Å². The van der Waals surface area contributed by atoms with Gasteiger partial charge in [0, 0.05) is 25.2 Å². The number of nitrogens with one attached hydrogen (secondary N) is 1. The van der Waals surface area contributed by atoms with Crippen LogP contribution in [0.2, 0.25) is 0 Å². The van der Waals surface area contributed by atoms with Crippen molar-refractivity contribution in [1.29, 1.82) is 0 Å². The van der Waals surface area contributed by atoms with E-state index >= 15 is 0 Å². The summed E-state index contributed by atoms with van der Waals surface area (Å²) in [6, 6.07) is 3.53. The lowest BCUT2D eigenvalue weighted by Crippen LogP contribution is -2.36. The fraction of sp³-hybridized carbons (Fsp3) is 0.308. The van der Waals surface area contributed by atoms with Gasteiger partial charge in [-0.05, 0) is 12.1 Å². The van der Waals surface area contributed by atoms with E-state index in [0.717, 1.165) is 31.1 Å². The number of carbonyl (C=O) groups excluding carboxylic acids is 1. The van der Waals surface area contributed by atoms with Crippen LogP contribution in [0, 0.1) is 0 Å². The summed E-state index contributed by atoms with van der Waals surface area (Å²) < 4.78 is 5.26. The zero-order valence-electron chi connectivity index (χ0n) is 10.8. The van der Waals surface area contributed by atoms with Crippen molar-refractivity contribution < 1.29 is 19.4 Å². The highest BCUT2D eigenvalue weighted by Crippen LogP contribution is 2.15. The van der Waals surface area contributed by atoms with Gasteiger partial charge in [0.1, 0.15) is 5.82 Å². The fourth-order valence-electron chi connectivity index (χ4n) is 1.77. The van der Waals surface area contributed by atoms with E-state index in [-0.39, 0.29) is 0 Å². The number of carboxylic acid groups (broad SMARTS) is 1. The van der Waals surface area contributed by atoms with Crippen LogP contribution in [0.25, 0.3) is 0 Å². The van der Waals surface area contributed by atoms with Gasteiger partial charge in [0.2, 0.25) is 5.91 Å². The Morgan fingerprint density at radius 2 is 2.05 bits per heavy atom. The molecule has 1 aromatic heterocycles. The second kappa shape index (κ2) is 6.67. The number of ether oxygens (including phenoxy) is 1. The summed E-state index contributed by atoms with van der Waals surface area (Å²) in [5.74, 6) is -0.846. The highest BCUT2D eigenvalue weighted by atomic mass is 16.5. The fourth-order valence-corrected chi connectivity index (χ4v) is 1.77. The van der Waals surface area contributed by atoms with Crippen LogP contribution >= 0.6 is 0 Å². The molecule has 2 rings (SSSR count). The third-order valence-electron chi connectivity index (χ3n) is 2.73. The minimum Gasteiger partial charge on any atom is -0.478 e. The first-order valence-corrected chi connectivity index (χ1v) is 6.16. The minimum atomic E-state index is -1.17. The summed E-state index contributed by atoms with van der Waals surface area (Å²) in [6.07, 6.45) is 3.28. The lowest BCUT2D eigenvalue weighted by Gasteiger charge is -2.27. The maximum atomic E-state index is 11.4. The number of anilines is 2. The number of aliphatic carboxylic acids is 1. The highest BCUT2D eigenvalue weighted by molar-refractivity contribution is 6.02. The number of hydrogen-bond acceptors (Lipinski definition) is 5. The molecule has 7 heteroatoms. The Morgan fingerprint density at radius 1 is 1.30 bits per heavy atom. The molecule has 2 N–H and O–H groups in total. The predicted molar refractivity (Wildman–Crippen MR) is 72.7 cm³/mol. The van der Waals surface area contributed by atoms with Crippen LogP contribution in [0.3, 0.4) is 0 Å². The van der Waals surface area contributed by atoms with Crippen LogP contribution in [-0.2, 0) is 14.3 Å². The van der Waals surface area contributed by atoms with Crippen molar-refractivity contribution in [1.82, 2.24) is 4.98 Å². The number of rotatable bonds is 4. The van der Waals surface area contributed by atoms with Gasteiger partial charge in [0.05, 0.1) is 25.1 Å². The van der Waals surface area contributed by atoms with Crippen molar-refractivity contribution in [2.24, 2.45) is 0 Å².